The van der Waals surface area contributed by atoms with Crippen molar-refractivity contribution in [3.8, 4) is 11.8 Å². The fraction of sp³-hybridized carbons (Fsp3) is 0.176. The van der Waals surface area contributed by atoms with Crippen molar-refractivity contribution >= 4 is 9.84 Å². The summed E-state index contributed by atoms with van der Waals surface area (Å²) in [5.74, 6) is 5.12. The zero-order valence-corrected chi connectivity index (χ0v) is 12.3. The molecular weight excluding hydrogens is 284 g/mol. The molecule has 108 valence electrons. The Morgan fingerprint density at radius 3 is 2.10 bits per heavy atom. The normalized spacial score (nSPS) is 12.2. The van der Waals surface area contributed by atoms with Crippen LogP contribution in [0.4, 0.5) is 0 Å². The predicted molar refractivity (Wildman–Crippen MR) is 82.3 cm³/mol. The maximum Gasteiger partial charge on any atom is 0.189 e. The molecule has 0 amide bonds. The molecule has 2 aromatic carbocycles. The summed E-state index contributed by atoms with van der Waals surface area (Å²) >= 11 is 0. The van der Waals surface area contributed by atoms with Crippen LogP contribution in [0.3, 0.4) is 0 Å². The number of rotatable bonds is 4. The average Bonchev–Trinajstić information content (AvgIpc) is 2.53. The minimum Gasteiger partial charge on any atom is -0.387 e. The van der Waals surface area contributed by atoms with Gasteiger partial charge in [0, 0.05) is 6.42 Å². The van der Waals surface area contributed by atoms with Crippen molar-refractivity contribution in [3.63, 3.8) is 0 Å². The lowest BCUT2D eigenvalue weighted by atomic mass is 10.1. The second-order valence-electron chi connectivity index (χ2n) is 4.56. The summed E-state index contributed by atoms with van der Waals surface area (Å²) in [6.07, 6.45) is -0.480. The molecule has 1 N–H and O–H groups in total. The van der Waals surface area contributed by atoms with E-state index < -0.39 is 15.9 Å². The van der Waals surface area contributed by atoms with Crippen molar-refractivity contribution < 1.29 is 13.5 Å². The number of aliphatic hydroxyl groups is 1. The Morgan fingerprint density at radius 2 is 1.48 bits per heavy atom. The first-order valence-electron chi connectivity index (χ1n) is 6.56. The highest BCUT2D eigenvalue weighted by molar-refractivity contribution is 7.91. The van der Waals surface area contributed by atoms with Gasteiger partial charge in [0.25, 0.3) is 0 Å². The minimum atomic E-state index is -3.38. The van der Waals surface area contributed by atoms with E-state index in [-0.39, 0.29) is 17.1 Å². The lowest BCUT2D eigenvalue weighted by Gasteiger charge is -2.05. The zero-order valence-electron chi connectivity index (χ0n) is 11.4. The first-order valence-corrected chi connectivity index (χ1v) is 8.21. The molecule has 4 heteroatoms. The molecule has 0 saturated heterocycles. The van der Waals surface area contributed by atoms with Crippen molar-refractivity contribution in [2.75, 3.05) is 5.75 Å². The van der Waals surface area contributed by atoms with Gasteiger partial charge in [0.05, 0.1) is 11.0 Å². The Bertz CT molecular complexity index is 726. The molecule has 3 nitrogen and oxygen atoms in total. The van der Waals surface area contributed by atoms with Gasteiger partial charge in [0.1, 0.15) is 5.75 Å². The highest BCUT2D eigenvalue weighted by Crippen LogP contribution is 2.15. The molecule has 0 aromatic heterocycles. The van der Waals surface area contributed by atoms with Crippen molar-refractivity contribution in [1.82, 2.24) is 0 Å². The second kappa shape index (κ2) is 7.07. The standard InChI is InChI=1S/C17H16O3S/c18-17(15-9-3-1-4-10-15)13-7-8-14-21(19,20)16-11-5-2-6-12-16/h1-6,9-12,17-18H,13-14H2. The van der Waals surface area contributed by atoms with Crippen LogP contribution >= 0.6 is 0 Å². The third-order valence-corrected chi connectivity index (χ3v) is 4.48. The SMILES string of the molecule is O=S(=O)(CC#CCC(O)c1ccccc1)c1ccccc1. The molecule has 0 saturated carbocycles. The van der Waals surface area contributed by atoms with Crippen LogP contribution in [0.25, 0.3) is 0 Å². The van der Waals surface area contributed by atoms with Crippen LogP contribution in [-0.4, -0.2) is 19.3 Å². The topological polar surface area (TPSA) is 54.4 Å². The van der Waals surface area contributed by atoms with Crippen LogP contribution in [0.5, 0.6) is 0 Å². The van der Waals surface area contributed by atoms with E-state index >= 15 is 0 Å². The largest absolute Gasteiger partial charge is 0.387 e. The molecule has 0 spiro atoms. The molecule has 2 aromatic rings. The maximum absolute atomic E-state index is 12.0. The summed E-state index contributed by atoms with van der Waals surface area (Å²) in [6, 6.07) is 17.4. The van der Waals surface area contributed by atoms with Crippen molar-refractivity contribution in [3.05, 3.63) is 66.2 Å². The summed E-state index contributed by atoms with van der Waals surface area (Å²) < 4.78 is 24.0. The van der Waals surface area contributed by atoms with E-state index in [0.29, 0.717) is 0 Å². The van der Waals surface area contributed by atoms with Crippen LogP contribution < -0.4 is 0 Å². The average molecular weight is 300 g/mol. The van der Waals surface area contributed by atoms with Gasteiger partial charge in [-0.25, -0.2) is 8.42 Å². The minimum absolute atomic E-state index is 0.217. The molecule has 0 aliphatic rings. The van der Waals surface area contributed by atoms with Gasteiger partial charge < -0.3 is 5.11 Å². The highest BCUT2D eigenvalue weighted by Gasteiger charge is 2.11. The number of hydrogen-bond acceptors (Lipinski definition) is 3. The van der Waals surface area contributed by atoms with Gasteiger partial charge in [-0.15, -0.1) is 0 Å². The van der Waals surface area contributed by atoms with E-state index in [1.807, 2.05) is 30.3 Å². The summed E-state index contributed by atoms with van der Waals surface area (Å²) in [5, 5.41) is 9.92. The van der Waals surface area contributed by atoms with Gasteiger partial charge in [-0.3, -0.25) is 0 Å². The first kappa shape index (κ1) is 15.3. The Balaban J connectivity index is 1.95. The molecule has 0 bridgehead atoms. The first-order chi connectivity index (χ1) is 10.1. The third kappa shape index (κ3) is 4.45. The van der Waals surface area contributed by atoms with E-state index in [4.69, 9.17) is 0 Å². The van der Waals surface area contributed by atoms with Gasteiger partial charge in [0.2, 0.25) is 0 Å². The van der Waals surface area contributed by atoms with Crippen LogP contribution in [0.2, 0.25) is 0 Å². The summed E-state index contributed by atoms with van der Waals surface area (Å²) in [6.45, 7) is 0. The van der Waals surface area contributed by atoms with E-state index in [1.54, 1.807) is 30.3 Å². The lowest BCUT2D eigenvalue weighted by Crippen LogP contribution is -2.04. The van der Waals surface area contributed by atoms with Crippen molar-refractivity contribution in [1.29, 1.82) is 0 Å². The Kier molecular flexibility index (Phi) is 5.15. The molecule has 0 aliphatic carbocycles. The second-order valence-corrected chi connectivity index (χ2v) is 6.55. The molecule has 1 unspecified atom stereocenters. The molecule has 21 heavy (non-hydrogen) atoms. The zero-order chi connectivity index (χ0) is 15.1. The monoisotopic (exact) mass is 300 g/mol. The molecule has 1 atom stereocenters. The van der Waals surface area contributed by atoms with E-state index in [0.717, 1.165) is 5.56 Å². The Labute approximate surface area is 125 Å². The fourth-order valence-electron chi connectivity index (χ4n) is 1.82. The lowest BCUT2D eigenvalue weighted by molar-refractivity contribution is 0.184. The fourth-order valence-corrected chi connectivity index (χ4v) is 2.85. The molecular formula is C17H16O3S. The van der Waals surface area contributed by atoms with E-state index in [2.05, 4.69) is 11.8 Å². The van der Waals surface area contributed by atoms with Gasteiger partial charge in [-0.2, -0.15) is 0 Å². The number of sulfone groups is 1. The van der Waals surface area contributed by atoms with Crippen LogP contribution in [0.15, 0.2) is 65.6 Å². The highest BCUT2D eigenvalue weighted by atomic mass is 32.2. The quantitative estimate of drug-likeness (QED) is 0.883. The Morgan fingerprint density at radius 1 is 0.905 bits per heavy atom. The molecule has 0 aliphatic heterocycles. The van der Waals surface area contributed by atoms with Gasteiger partial charge in [0.15, 0.2) is 9.84 Å². The number of benzene rings is 2. The van der Waals surface area contributed by atoms with Crippen LogP contribution in [-0.2, 0) is 9.84 Å². The van der Waals surface area contributed by atoms with E-state index in [1.165, 1.54) is 0 Å². The van der Waals surface area contributed by atoms with Crippen molar-refractivity contribution in [2.24, 2.45) is 0 Å². The molecule has 0 fully saturated rings. The summed E-state index contributed by atoms with van der Waals surface area (Å²) in [7, 11) is -3.38. The van der Waals surface area contributed by atoms with Gasteiger partial charge >= 0.3 is 0 Å². The van der Waals surface area contributed by atoms with Gasteiger partial charge in [-0.1, -0.05) is 60.4 Å². The summed E-state index contributed by atoms with van der Waals surface area (Å²) in [4.78, 5) is 0.267. The number of hydrogen-bond donors (Lipinski definition) is 1. The molecule has 2 rings (SSSR count). The molecule has 0 heterocycles. The Hall–Kier alpha value is -2.09. The predicted octanol–water partition coefficient (Wildman–Crippen LogP) is 2.59. The number of aliphatic hydroxyl groups excluding tert-OH is 1. The van der Waals surface area contributed by atoms with Crippen molar-refractivity contribution in [2.45, 2.75) is 17.4 Å². The van der Waals surface area contributed by atoms with E-state index in [9.17, 15) is 13.5 Å². The van der Waals surface area contributed by atoms with Gasteiger partial charge in [-0.05, 0) is 17.7 Å². The van der Waals surface area contributed by atoms with Crippen LogP contribution in [0.1, 0.15) is 18.1 Å². The summed E-state index contributed by atoms with van der Waals surface area (Å²) in [5.41, 5.74) is 0.776. The third-order valence-electron chi connectivity index (χ3n) is 2.97. The van der Waals surface area contributed by atoms with Crippen LogP contribution in [0, 0.1) is 11.8 Å². The molecule has 0 radical (unpaired) electrons. The maximum atomic E-state index is 12.0. The smallest absolute Gasteiger partial charge is 0.189 e.